The number of amidine groups is 1. The number of para-hydroxylation sites is 1. The number of sulfonamides is 1. The van der Waals surface area contributed by atoms with Crippen LogP contribution in [0.25, 0.3) is 10.9 Å². The molecule has 1 aliphatic heterocycles. The lowest BCUT2D eigenvalue weighted by Crippen LogP contribution is -2.33. The van der Waals surface area contributed by atoms with Crippen molar-refractivity contribution in [2.75, 3.05) is 11.9 Å². The summed E-state index contributed by atoms with van der Waals surface area (Å²) in [5.41, 5.74) is 4.88. The predicted molar refractivity (Wildman–Crippen MR) is 128 cm³/mol. The lowest BCUT2D eigenvalue weighted by Gasteiger charge is -2.21. The van der Waals surface area contributed by atoms with Crippen molar-refractivity contribution in [1.82, 2.24) is 4.57 Å². The molecule has 10 nitrogen and oxygen atoms in total. The number of nitrogens with one attached hydrogen (secondary N) is 1. The number of hydrogen-bond donors (Lipinski definition) is 3. The van der Waals surface area contributed by atoms with E-state index in [1.165, 1.54) is 16.7 Å². The maximum Gasteiger partial charge on any atom is 0.286 e. The molecule has 0 radical (unpaired) electrons. The molecule has 4 N–H and O–H groups in total. The zero-order chi connectivity index (χ0) is 24.6. The number of aryl methyl sites for hydroxylation is 1. The van der Waals surface area contributed by atoms with Crippen molar-refractivity contribution in [2.24, 2.45) is 16.0 Å². The smallest absolute Gasteiger partial charge is 0.286 e. The van der Waals surface area contributed by atoms with Gasteiger partial charge in [-0.1, -0.05) is 32.0 Å². The highest BCUT2D eigenvalue weighted by atomic mass is 32.2. The van der Waals surface area contributed by atoms with Crippen LogP contribution in [0.1, 0.15) is 25.8 Å². The largest absolute Gasteiger partial charge is 0.506 e. The number of amides is 1. The highest BCUT2D eigenvalue weighted by Crippen LogP contribution is 2.37. The van der Waals surface area contributed by atoms with Gasteiger partial charge in [-0.2, -0.15) is 8.42 Å². The first-order valence-corrected chi connectivity index (χ1v) is 12.0. The number of nitrogens with zero attached hydrogens (tertiary/aromatic N) is 2. The summed E-state index contributed by atoms with van der Waals surface area (Å²) in [6, 6.07) is 10.9. The van der Waals surface area contributed by atoms with E-state index in [1.54, 1.807) is 30.3 Å². The van der Waals surface area contributed by atoms with Gasteiger partial charge in [0.15, 0.2) is 12.4 Å². The van der Waals surface area contributed by atoms with Gasteiger partial charge in [-0.05, 0) is 36.6 Å². The second kappa shape index (κ2) is 8.82. The Bertz CT molecular complexity index is 1490. The van der Waals surface area contributed by atoms with Crippen LogP contribution >= 0.6 is 0 Å². The number of fused-ring (bicyclic) bond motifs is 2. The fourth-order valence-electron chi connectivity index (χ4n) is 3.77. The van der Waals surface area contributed by atoms with Gasteiger partial charge in [-0.3, -0.25) is 9.59 Å². The molecule has 0 fully saturated rings. The number of aromatic nitrogens is 1. The lowest BCUT2D eigenvalue weighted by molar-refractivity contribution is -0.119. The maximum atomic E-state index is 13.6. The second-order valence-electron chi connectivity index (χ2n) is 8.30. The van der Waals surface area contributed by atoms with Crippen LogP contribution < -0.4 is 21.3 Å². The van der Waals surface area contributed by atoms with Gasteiger partial charge in [0.1, 0.15) is 22.0 Å². The van der Waals surface area contributed by atoms with Crippen molar-refractivity contribution in [1.29, 1.82) is 0 Å². The van der Waals surface area contributed by atoms with Gasteiger partial charge in [0.25, 0.3) is 21.5 Å². The first-order chi connectivity index (χ1) is 16.1. The maximum absolute atomic E-state index is 13.6. The highest BCUT2D eigenvalue weighted by Gasteiger charge is 2.30. The number of pyridine rings is 1. The summed E-state index contributed by atoms with van der Waals surface area (Å²) >= 11 is 0. The van der Waals surface area contributed by atoms with Gasteiger partial charge in [0.05, 0.1) is 16.6 Å². The fourth-order valence-corrected chi connectivity index (χ4v) is 4.89. The first kappa shape index (κ1) is 23.3. The Morgan fingerprint density at radius 2 is 1.94 bits per heavy atom. The summed E-state index contributed by atoms with van der Waals surface area (Å²) in [5.74, 6) is -1.14. The lowest BCUT2D eigenvalue weighted by atomic mass is 10.1. The molecule has 34 heavy (non-hydrogen) atoms. The van der Waals surface area contributed by atoms with Crippen molar-refractivity contribution >= 4 is 38.4 Å². The van der Waals surface area contributed by atoms with E-state index in [1.807, 2.05) is 13.8 Å². The van der Waals surface area contributed by atoms with Gasteiger partial charge in [0.2, 0.25) is 0 Å². The van der Waals surface area contributed by atoms with E-state index in [0.29, 0.717) is 18.5 Å². The molecule has 0 aliphatic carbocycles. The van der Waals surface area contributed by atoms with E-state index < -0.39 is 33.8 Å². The molecule has 0 unspecified atom stereocenters. The van der Waals surface area contributed by atoms with Crippen LogP contribution in [0.5, 0.6) is 11.5 Å². The summed E-state index contributed by atoms with van der Waals surface area (Å²) in [5, 5.41) is 14.2. The van der Waals surface area contributed by atoms with Gasteiger partial charge < -0.3 is 25.5 Å². The van der Waals surface area contributed by atoms with E-state index >= 15 is 0 Å². The summed E-state index contributed by atoms with van der Waals surface area (Å²) in [4.78, 5) is 24.8. The first-order valence-electron chi connectivity index (χ1n) is 10.6. The van der Waals surface area contributed by atoms with Crippen molar-refractivity contribution in [3.8, 4) is 11.5 Å². The molecular weight excluding hydrogens is 460 g/mol. The van der Waals surface area contributed by atoms with Gasteiger partial charge in [0, 0.05) is 6.54 Å². The molecule has 0 saturated heterocycles. The zero-order valence-corrected chi connectivity index (χ0v) is 19.4. The van der Waals surface area contributed by atoms with Crippen LogP contribution in [0, 0.1) is 5.92 Å². The Hall–Kier alpha value is -3.86. The Kier molecular flexibility index (Phi) is 6.05. The summed E-state index contributed by atoms with van der Waals surface area (Å²) in [6.07, 6.45) is 0.645. The van der Waals surface area contributed by atoms with Gasteiger partial charge in [-0.15, -0.1) is 4.40 Å². The third kappa shape index (κ3) is 4.21. The number of ether oxygens (including phenoxy) is 1. The molecular formula is C23H24N4O6S. The van der Waals surface area contributed by atoms with Crippen molar-refractivity contribution in [3.05, 3.63) is 58.4 Å². The molecule has 1 amide bonds. The van der Waals surface area contributed by atoms with Crippen LogP contribution in [0.2, 0.25) is 0 Å². The van der Waals surface area contributed by atoms with Crippen LogP contribution in [0.3, 0.4) is 0 Å². The quantitative estimate of drug-likeness (QED) is 0.464. The van der Waals surface area contributed by atoms with Crippen molar-refractivity contribution in [2.45, 2.75) is 31.7 Å². The Balaban J connectivity index is 2.00. The number of hydrogen-bond acceptors (Lipinski definition) is 7. The van der Waals surface area contributed by atoms with E-state index in [0.717, 1.165) is 0 Å². The molecule has 11 heteroatoms. The number of carbonyl (C=O) groups excluding carboxylic acids is 1. The molecule has 0 atom stereocenters. The minimum atomic E-state index is -4.12. The number of nitrogens with two attached hydrogens (primary N) is 1. The zero-order valence-electron chi connectivity index (χ0n) is 18.6. The minimum absolute atomic E-state index is 0.0374. The van der Waals surface area contributed by atoms with Crippen molar-refractivity contribution < 1.29 is 23.1 Å². The molecule has 0 bridgehead atoms. The minimum Gasteiger partial charge on any atom is -0.506 e. The molecule has 1 aromatic heterocycles. The van der Waals surface area contributed by atoms with Crippen LogP contribution in [0.15, 0.2) is 56.6 Å². The molecule has 0 spiro atoms. The number of primary amides is 1. The summed E-state index contributed by atoms with van der Waals surface area (Å²) in [7, 11) is -4.12. The Labute approximate surface area is 195 Å². The van der Waals surface area contributed by atoms with Crippen LogP contribution in [0.4, 0.5) is 5.69 Å². The molecule has 2 aromatic carbocycles. The topological polar surface area (TPSA) is 153 Å². The molecule has 178 valence electrons. The number of carbonyl (C=O) groups is 1. The SMILES string of the molecule is CC(C)CCn1c(=O)c(C2=NS(=O)(=O)c3ccccc3N2)c(O)c2c(OCC(N)=O)cccc21. The van der Waals surface area contributed by atoms with Crippen LogP contribution in [-0.2, 0) is 21.4 Å². The standard InChI is InChI=1S/C23H24N4O6S/c1-13(2)10-11-27-15-7-5-8-16(33-12-18(24)28)19(15)21(29)20(23(27)30)22-25-14-6-3-4-9-17(14)34(31,32)26-22/h3-9,13,29H,10-12H2,1-2H3,(H2,24,28)(H,25,26). The molecule has 1 aliphatic rings. The third-order valence-corrected chi connectivity index (χ3v) is 6.73. The van der Waals surface area contributed by atoms with Crippen molar-refractivity contribution in [3.63, 3.8) is 0 Å². The van der Waals surface area contributed by atoms with E-state index in [-0.39, 0.29) is 39.0 Å². The summed E-state index contributed by atoms with van der Waals surface area (Å²) in [6.45, 7) is 3.87. The van der Waals surface area contributed by atoms with E-state index in [9.17, 15) is 23.1 Å². The average molecular weight is 485 g/mol. The van der Waals surface area contributed by atoms with Crippen LogP contribution in [-0.4, -0.2) is 36.4 Å². The number of anilines is 1. The molecule has 4 rings (SSSR count). The third-order valence-electron chi connectivity index (χ3n) is 5.39. The predicted octanol–water partition coefficient (Wildman–Crippen LogP) is 2.18. The molecule has 2 heterocycles. The second-order valence-corrected chi connectivity index (χ2v) is 9.88. The van der Waals surface area contributed by atoms with Gasteiger partial charge in [-0.25, -0.2) is 0 Å². The average Bonchev–Trinajstić information content (AvgIpc) is 2.76. The van der Waals surface area contributed by atoms with Gasteiger partial charge >= 0.3 is 0 Å². The Morgan fingerprint density at radius 3 is 2.65 bits per heavy atom. The Morgan fingerprint density at radius 1 is 1.21 bits per heavy atom. The van der Waals surface area contributed by atoms with E-state index in [2.05, 4.69) is 9.71 Å². The fraction of sp³-hybridized carbons (Fsp3) is 0.261. The van der Waals surface area contributed by atoms with E-state index in [4.69, 9.17) is 10.5 Å². The number of rotatable bonds is 7. The molecule has 0 saturated carbocycles. The highest BCUT2D eigenvalue weighted by molar-refractivity contribution is 7.90. The summed E-state index contributed by atoms with van der Waals surface area (Å²) < 4.78 is 36.3. The number of benzene rings is 2. The normalized spacial score (nSPS) is 14.4. The number of aromatic hydroxyl groups is 1. The molecule has 3 aromatic rings. The monoisotopic (exact) mass is 484 g/mol.